The van der Waals surface area contributed by atoms with Crippen LogP contribution in [0.1, 0.15) is 18.7 Å². The Morgan fingerprint density at radius 2 is 2.36 bits per heavy atom. The maximum Gasteiger partial charge on any atom is 0.320 e. The zero-order valence-corrected chi connectivity index (χ0v) is 9.17. The Morgan fingerprint density at radius 3 is 2.86 bits per heavy atom. The summed E-state index contributed by atoms with van der Waals surface area (Å²) in [5.41, 5.74) is 0. The number of hydrogen-bond acceptors (Lipinski definition) is 3. The average Bonchev–Trinajstić information content (AvgIpc) is 2.56. The fourth-order valence-corrected chi connectivity index (χ4v) is 2.12. The number of thiophene rings is 1. The van der Waals surface area contributed by atoms with Gasteiger partial charge < -0.3 is 10.4 Å². The van der Waals surface area contributed by atoms with Crippen LogP contribution in [0.5, 0.6) is 0 Å². The van der Waals surface area contributed by atoms with Crippen LogP contribution in [0.25, 0.3) is 0 Å². The van der Waals surface area contributed by atoms with E-state index in [4.69, 9.17) is 5.11 Å². The Balaban J connectivity index is 2.36. The van der Waals surface area contributed by atoms with Gasteiger partial charge in [0.25, 0.3) is 0 Å². The molecule has 0 saturated carbocycles. The van der Waals surface area contributed by atoms with E-state index in [9.17, 15) is 4.79 Å². The summed E-state index contributed by atoms with van der Waals surface area (Å²) in [7, 11) is 0. The van der Waals surface area contributed by atoms with Gasteiger partial charge in [-0.15, -0.1) is 11.3 Å². The molecule has 1 rings (SSSR count). The molecule has 0 aliphatic heterocycles. The molecule has 78 valence electrons. The molecule has 2 unspecified atom stereocenters. The normalized spacial score (nSPS) is 15.0. The van der Waals surface area contributed by atoms with Crippen molar-refractivity contribution in [3.63, 3.8) is 0 Å². The predicted octanol–water partition coefficient (Wildman–Crippen LogP) is 1.74. The molecule has 0 amide bonds. The second-order valence-electron chi connectivity index (χ2n) is 3.41. The summed E-state index contributed by atoms with van der Waals surface area (Å²) in [4.78, 5) is 11.9. The van der Waals surface area contributed by atoms with Crippen molar-refractivity contribution < 1.29 is 9.90 Å². The lowest BCUT2D eigenvalue weighted by atomic mass is 10.2. The Morgan fingerprint density at radius 1 is 1.64 bits per heavy atom. The van der Waals surface area contributed by atoms with Crippen LogP contribution in [-0.2, 0) is 11.2 Å². The molecular weight excluding hydrogens is 198 g/mol. The van der Waals surface area contributed by atoms with E-state index in [2.05, 4.69) is 11.4 Å². The summed E-state index contributed by atoms with van der Waals surface area (Å²) in [5.74, 6) is -0.803. The molecule has 0 fully saturated rings. The Bertz CT molecular complexity index is 284. The second kappa shape index (κ2) is 5.12. The molecule has 1 aromatic heterocycles. The van der Waals surface area contributed by atoms with E-state index >= 15 is 0 Å². The Hall–Kier alpha value is -0.870. The van der Waals surface area contributed by atoms with Crippen molar-refractivity contribution in [2.75, 3.05) is 0 Å². The van der Waals surface area contributed by atoms with Gasteiger partial charge in [-0.2, -0.15) is 0 Å². The summed E-state index contributed by atoms with van der Waals surface area (Å²) in [5, 5.41) is 13.8. The quantitative estimate of drug-likeness (QED) is 0.783. The van der Waals surface area contributed by atoms with Crippen molar-refractivity contribution >= 4 is 17.3 Å². The number of hydrogen-bond donors (Lipinski definition) is 2. The molecular formula is C10H15NO2S. The van der Waals surface area contributed by atoms with Crippen LogP contribution in [0.15, 0.2) is 17.5 Å². The number of carboxylic acid groups (broad SMARTS) is 1. The number of carbonyl (C=O) groups is 1. The molecule has 0 saturated heterocycles. The monoisotopic (exact) mass is 213 g/mol. The molecule has 1 heterocycles. The maximum atomic E-state index is 10.6. The molecule has 14 heavy (non-hydrogen) atoms. The molecule has 0 spiro atoms. The van der Waals surface area contributed by atoms with Crippen LogP contribution in [0.2, 0.25) is 0 Å². The molecule has 0 aliphatic carbocycles. The van der Waals surface area contributed by atoms with Gasteiger partial charge in [-0.3, -0.25) is 4.79 Å². The average molecular weight is 213 g/mol. The summed E-state index contributed by atoms with van der Waals surface area (Å²) < 4.78 is 0. The van der Waals surface area contributed by atoms with Gasteiger partial charge in [0, 0.05) is 10.9 Å². The lowest BCUT2D eigenvalue weighted by Gasteiger charge is -2.15. The highest BCUT2D eigenvalue weighted by Gasteiger charge is 2.13. The van der Waals surface area contributed by atoms with Crippen molar-refractivity contribution in [2.45, 2.75) is 32.4 Å². The number of aliphatic carboxylic acids is 1. The lowest BCUT2D eigenvalue weighted by molar-refractivity contribution is -0.139. The summed E-state index contributed by atoms with van der Waals surface area (Å²) >= 11 is 1.70. The van der Waals surface area contributed by atoms with Crippen LogP contribution in [-0.4, -0.2) is 23.2 Å². The molecule has 0 aliphatic rings. The minimum absolute atomic E-state index is 0.194. The van der Waals surface area contributed by atoms with Gasteiger partial charge in [-0.05, 0) is 31.7 Å². The SMILES string of the molecule is CC(Cc1cccs1)NC(C)C(=O)O. The lowest BCUT2D eigenvalue weighted by Crippen LogP contribution is -2.40. The Kier molecular flexibility index (Phi) is 4.10. The fourth-order valence-electron chi connectivity index (χ4n) is 1.29. The third-order valence-corrected chi connectivity index (χ3v) is 2.89. The van der Waals surface area contributed by atoms with E-state index in [1.807, 2.05) is 18.4 Å². The van der Waals surface area contributed by atoms with E-state index in [-0.39, 0.29) is 6.04 Å². The highest BCUT2D eigenvalue weighted by molar-refractivity contribution is 7.09. The van der Waals surface area contributed by atoms with Gasteiger partial charge in [-0.1, -0.05) is 6.07 Å². The van der Waals surface area contributed by atoms with Gasteiger partial charge >= 0.3 is 5.97 Å². The van der Waals surface area contributed by atoms with Crippen molar-refractivity contribution in [1.82, 2.24) is 5.32 Å². The standard InChI is InChI=1S/C10H15NO2S/c1-7(11-8(2)10(12)13)6-9-4-3-5-14-9/h3-5,7-8,11H,6H2,1-2H3,(H,12,13). The van der Waals surface area contributed by atoms with Crippen molar-refractivity contribution in [3.05, 3.63) is 22.4 Å². The van der Waals surface area contributed by atoms with Gasteiger partial charge in [-0.25, -0.2) is 0 Å². The first-order valence-corrected chi connectivity index (χ1v) is 5.49. The first-order chi connectivity index (χ1) is 6.59. The zero-order valence-electron chi connectivity index (χ0n) is 8.36. The third kappa shape index (κ3) is 3.47. The second-order valence-corrected chi connectivity index (χ2v) is 4.44. The molecule has 2 N–H and O–H groups in total. The smallest absolute Gasteiger partial charge is 0.320 e. The predicted molar refractivity (Wildman–Crippen MR) is 57.7 cm³/mol. The maximum absolute atomic E-state index is 10.6. The van der Waals surface area contributed by atoms with E-state index in [0.29, 0.717) is 0 Å². The largest absolute Gasteiger partial charge is 0.480 e. The molecule has 0 bridgehead atoms. The van der Waals surface area contributed by atoms with Crippen LogP contribution >= 0.6 is 11.3 Å². The highest BCUT2D eigenvalue weighted by atomic mass is 32.1. The first kappa shape index (κ1) is 11.2. The number of carboxylic acids is 1. The van der Waals surface area contributed by atoms with Gasteiger partial charge in [0.1, 0.15) is 6.04 Å². The summed E-state index contributed by atoms with van der Waals surface area (Å²) in [6.45, 7) is 3.66. The van der Waals surface area contributed by atoms with E-state index in [1.165, 1.54) is 4.88 Å². The topological polar surface area (TPSA) is 49.3 Å². The molecule has 2 atom stereocenters. The van der Waals surface area contributed by atoms with E-state index in [0.717, 1.165) is 6.42 Å². The van der Waals surface area contributed by atoms with Crippen LogP contribution in [0.4, 0.5) is 0 Å². The summed E-state index contributed by atoms with van der Waals surface area (Å²) in [6.07, 6.45) is 0.884. The number of nitrogens with one attached hydrogen (secondary N) is 1. The highest BCUT2D eigenvalue weighted by Crippen LogP contribution is 2.11. The van der Waals surface area contributed by atoms with Crippen LogP contribution in [0, 0.1) is 0 Å². The van der Waals surface area contributed by atoms with Gasteiger partial charge in [0.15, 0.2) is 0 Å². The van der Waals surface area contributed by atoms with Crippen LogP contribution in [0.3, 0.4) is 0 Å². The molecule has 0 radical (unpaired) electrons. The fraction of sp³-hybridized carbons (Fsp3) is 0.500. The minimum atomic E-state index is -0.803. The van der Waals surface area contributed by atoms with Crippen molar-refractivity contribution in [2.24, 2.45) is 0 Å². The molecule has 3 nitrogen and oxygen atoms in total. The van der Waals surface area contributed by atoms with Gasteiger partial charge in [0.05, 0.1) is 0 Å². The molecule has 1 aromatic rings. The molecule has 4 heteroatoms. The molecule has 0 aromatic carbocycles. The van der Waals surface area contributed by atoms with Crippen molar-refractivity contribution in [1.29, 1.82) is 0 Å². The Labute approximate surface area is 87.8 Å². The zero-order chi connectivity index (χ0) is 10.6. The number of rotatable bonds is 5. The van der Waals surface area contributed by atoms with Crippen LogP contribution < -0.4 is 5.32 Å². The third-order valence-electron chi connectivity index (χ3n) is 1.99. The minimum Gasteiger partial charge on any atom is -0.480 e. The summed E-state index contributed by atoms with van der Waals surface area (Å²) in [6, 6.07) is 3.78. The van der Waals surface area contributed by atoms with Crippen molar-refractivity contribution in [3.8, 4) is 0 Å². The van der Waals surface area contributed by atoms with E-state index < -0.39 is 12.0 Å². The van der Waals surface area contributed by atoms with Gasteiger partial charge in [0.2, 0.25) is 0 Å². The first-order valence-electron chi connectivity index (χ1n) is 4.61. The van der Waals surface area contributed by atoms with E-state index in [1.54, 1.807) is 18.3 Å².